The zero-order chi connectivity index (χ0) is 12.7. The third-order valence-electron chi connectivity index (χ3n) is 3.93. The molecular formula is C14H27NO2. The molecule has 3 heteroatoms. The summed E-state index contributed by atoms with van der Waals surface area (Å²) in [6.07, 6.45) is 5.32. The average molecular weight is 241 g/mol. The van der Waals surface area contributed by atoms with E-state index in [-0.39, 0.29) is 5.92 Å². The molecule has 100 valence electrons. The van der Waals surface area contributed by atoms with Gasteiger partial charge < -0.3 is 4.74 Å². The van der Waals surface area contributed by atoms with Crippen LogP contribution in [-0.4, -0.2) is 43.5 Å². The highest BCUT2D eigenvalue weighted by molar-refractivity contribution is 5.81. The van der Waals surface area contributed by atoms with E-state index in [0.29, 0.717) is 11.8 Å². The predicted octanol–water partition coefficient (Wildman–Crippen LogP) is 2.49. The fourth-order valence-corrected chi connectivity index (χ4v) is 2.49. The summed E-state index contributed by atoms with van der Waals surface area (Å²) in [7, 11) is 1.74. The van der Waals surface area contributed by atoms with Crippen molar-refractivity contribution < 1.29 is 9.53 Å². The van der Waals surface area contributed by atoms with Crippen molar-refractivity contribution in [2.45, 2.75) is 52.0 Å². The summed E-state index contributed by atoms with van der Waals surface area (Å²) < 4.78 is 5.16. The van der Waals surface area contributed by atoms with Crippen molar-refractivity contribution in [3.63, 3.8) is 0 Å². The molecule has 0 amide bonds. The van der Waals surface area contributed by atoms with Crippen molar-refractivity contribution in [3.05, 3.63) is 0 Å². The maximum Gasteiger partial charge on any atom is 0.137 e. The molecule has 2 atom stereocenters. The van der Waals surface area contributed by atoms with Crippen molar-refractivity contribution in [1.29, 1.82) is 0 Å². The second-order valence-corrected chi connectivity index (χ2v) is 5.15. The number of carbonyl (C=O) groups is 1. The highest BCUT2D eigenvalue weighted by atomic mass is 16.5. The lowest BCUT2D eigenvalue weighted by Gasteiger charge is -2.32. The van der Waals surface area contributed by atoms with Gasteiger partial charge in [-0.25, -0.2) is 0 Å². The Bertz CT molecular complexity index is 230. The Morgan fingerprint density at radius 1 is 1.47 bits per heavy atom. The molecule has 0 aromatic carbocycles. The fourth-order valence-electron chi connectivity index (χ4n) is 2.49. The monoisotopic (exact) mass is 241 g/mol. The molecule has 1 aliphatic rings. The number of carbonyl (C=O) groups excluding carboxylic acids is 1. The number of rotatable bonds is 7. The first-order chi connectivity index (χ1) is 8.19. The van der Waals surface area contributed by atoms with E-state index in [2.05, 4.69) is 18.7 Å². The first-order valence-corrected chi connectivity index (χ1v) is 6.94. The average Bonchev–Trinajstić information content (AvgIpc) is 2.35. The number of hydrogen-bond donors (Lipinski definition) is 0. The van der Waals surface area contributed by atoms with Gasteiger partial charge in [0.2, 0.25) is 0 Å². The zero-order valence-corrected chi connectivity index (χ0v) is 11.6. The maximum absolute atomic E-state index is 11.9. The maximum atomic E-state index is 11.9. The van der Waals surface area contributed by atoms with Gasteiger partial charge in [-0.2, -0.15) is 0 Å². The van der Waals surface area contributed by atoms with E-state index < -0.39 is 0 Å². The minimum Gasteiger partial charge on any atom is -0.383 e. The highest BCUT2D eigenvalue weighted by Crippen LogP contribution is 2.22. The number of ketones is 1. The number of Topliss-reactive ketones (excluding diaryl/α,β-unsaturated/α-hetero) is 1. The van der Waals surface area contributed by atoms with Crippen LogP contribution in [0.25, 0.3) is 0 Å². The van der Waals surface area contributed by atoms with E-state index in [1.807, 2.05) is 0 Å². The lowest BCUT2D eigenvalue weighted by molar-refractivity contribution is -0.125. The molecule has 0 saturated heterocycles. The van der Waals surface area contributed by atoms with Crippen LogP contribution in [0.2, 0.25) is 0 Å². The Morgan fingerprint density at radius 3 is 2.82 bits per heavy atom. The number of hydrogen-bond acceptors (Lipinski definition) is 3. The fraction of sp³-hybridized carbons (Fsp3) is 0.929. The molecule has 0 aromatic rings. The molecule has 3 nitrogen and oxygen atoms in total. The molecule has 0 heterocycles. The third kappa shape index (κ3) is 4.76. The van der Waals surface area contributed by atoms with Gasteiger partial charge in [-0.15, -0.1) is 0 Å². The summed E-state index contributed by atoms with van der Waals surface area (Å²) in [6.45, 7) is 7.06. The third-order valence-corrected chi connectivity index (χ3v) is 3.93. The Hall–Kier alpha value is -0.410. The van der Waals surface area contributed by atoms with E-state index >= 15 is 0 Å². The van der Waals surface area contributed by atoms with Crippen LogP contribution >= 0.6 is 0 Å². The van der Waals surface area contributed by atoms with Crippen LogP contribution in [0.15, 0.2) is 0 Å². The standard InChI is InChI=1S/C14H27NO2/c1-4-12(2)15(9-10-17-3)11-13-7-5-6-8-14(13)16/h12-13H,4-11H2,1-3H3. The molecule has 0 aliphatic heterocycles. The van der Waals surface area contributed by atoms with Crippen LogP contribution in [0.5, 0.6) is 0 Å². The summed E-state index contributed by atoms with van der Waals surface area (Å²) in [5.41, 5.74) is 0. The van der Waals surface area contributed by atoms with Gasteiger partial charge in [-0.1, -0.05) is 13.3 Å². The Kier molecular flexibility index (Phi) is 6.75. The first-order valence-electron chi connectivity index (χ1n) is 6.94. The minimum atomic E-state index is 0.273. The first kappa shape index (κ1) is 14.7. The van der Waals surface area contributed by atoms with Crippen LogP contribution in [0.3, 0.4) is 0 Å². The summed E-state index contributed by atoms with van der Waals surface area (Å²) in [5, 5.41) is 0. The van der Waals surface area contributed by atoms with Gasteiger partial charge in [-0.3, -0.25) is 9.69 Å². The molecule has 0 N–H and O–H groups in total. The largest absolute Gasteiger partial charge is 0.383 e. The van der Waals surface area contributed by atoms with E-state index in [1.165, 1.54) is 6.42 Å². The van der Waals surface area contributed by atoms with Gasteiger partial charge in [0, 0.05) is 38.6 Å². The van der Waals surface area contributed by atoms with Crippen LogP contribution in [-0.2, 0) is 9.53 Å². The summed E-state index contributed by atoms with van der Waals surface area (Å²) in [6, 6.07) is 0.542. The molecule has 17 heavy (non-hydrogen) atoms. The predicted molar refractivity (Wildman–Crippen MR) is 70.2 cm³/mol. The van der Waals surface area contributed by atoms with Crippen LogP contribution in [0.1, 0.15) is 46.0 Å². The molecular weight excluding hydrogens is 214 g/mol. The van der Waals surface area contributed by atoms with Crippen molar-refractivity contribution >= 4 is 5.78 Å². The number of methoxy groups -OCH3 is 1. The zero-order valence-electron chi connectivity index (χ0n) is 11.6. The smallest absolute Gasteiger partial charge is 0.137 e. The van der Waals surface area contributed by atoms with E-state index in [1.54, 1.807) is 7.11 Å². The van der Waals surface area contributed by atoms with E-state index in [9.17, 15) is 4.79 Å². The van der Waals surface area contributed by atoms with Gasteiger partial charge >= 0.3 is 0 Å². The van der Waals surface area contributed by atoms with E-state index in [0.717, 1.165) is 45.4 Å². The second kappa shape index (κ2) is 7.83. The van der Waals surface area contributed by atoms with Crippen molar-refractivity contribution in [3.8, 4) is 0 Å². The molecule has 1 saturated carbocycles. The topological polar surface area (TPSA) is 29.5 Å². The molecule has 2 unspecified atom stereocenters. The molecule has 0 spiro atoms. The molecule has 0 bridgehead atoms. The number of nitrogens with zero attached hydrogens (tertiary/aromatic N) is 1. The number of ether oxygens (including phenoxy) is 1. The summed E-state index contributed by atoms with van der Waals surface area (Å²) in [5.74, 6) is 0.747. The highest BCUT2D eigenvalue weighted by Gasteiger charge is 2.25. The lowest BCUT2D eigenvalue weighted by Crippen LogP contribution is -2.41. The summed E-state index contributed by atoms with van der Waals surface area (Å²) in [4.78, 5) is 14.3. The Morgan fingerprint density at radius 2 is 2.24 bits per heavy atom. The minimum absolute atomic E-state index is 0.273. The van der Waals surface area contributed by atoms with Gasteiger partial charge in [-0.05, 0) is 26.2 Å². The molecule has 1 rings (SSSR count). The quantitative estimate of drug-likeness (QED) is 0.686. The molecule has 0 radical (unpaired) electrons. The van der Waals surface area contributed by atoms with Gasteiger partial charge in [0.1, 0.15) is 5.78 Å². The van der Waals surface area contributed by atoms with Crippen LogP contribution in [0, 0.1) is 5.92 Å². The second-order valence-electron chi connectivity index (χ2n) is 5.15. The molecule has 0 aromatic heterocycles. The van der Waals surface area contributed by atoms with Crippen molar-refractivity contribution in [2.75, 3.05) is 26.8 Å². The van der Waals surface area contributed by atoms with Crippen molar-refractivity contribution in [2.24, 2.45) is 5.92 Å². The van der Waals surface area contributed by atoms with Gasteiger partial charge in [0.15, 0.2) is 0 Å². The molecule has 1 aliphatic carbocycles. The van der Waals surface area contributed by atoms with Gasteiger partial charge in [0.05, 0.1) is 6.61 Å². The van der Waals surface area contributed by atoms with E-state index in [4.69, 9.17) is 4.74 Å². The normalized spacial score (nSPS) is 23.1. The Labute approximate surface area is 106 Å². The summed E-state index contributed by atoms with van der Waals surface area (Å²) >= 11 is 0. The Balaban J connectivity index is 2.48. The van der Waals surface area contributed by atoms with Crippen LogP contribution in [0.4, 0.5) is 0 Å². The van der Waals surface area contributed by atoms with Crippen LogP contribution < -0.4 is 0 Å². The molecule has 1 fully saturated rings. The lowest BCUT2D eigenvalue weighted by atomic mass is 9.87. The SMILES string of the molecule is CCC(C)N(CCOC)CC1CCCCC1=O. The van der Waals surface area contributed by atoms with Crippen molar-refractivity contribution in [1.82, 2.24) is 4.90 Å². The van der Waals surface area contributed by atoms with Gasteiger partial charge in [0.25, 0.3) is 0 Å².